The van der Waals surface area contributed by atoms with Crippen LogP contribution in [0.5, 0.6) is 11.5 Å². The number of carbonyl (C=O) groups is 2. The fourth-order valence-corrected chi connectivity index (χ4v) is 2.42. The Morgan fingerprint density at radius 1 is 1.00 bits per heavy atom. The van der Waals surface area contributed by atoms with Crippen LogP contribution in [0.3, 0.4) is 0 Å². The van der Waals surface area contributed by atoms with Gasteiger partial charge in [-0.2, -0.15) is 0 Å². The van der Waals surface area contributed by atoms with E-state index >= 15 is 0 Å². The lowest BCUT2D eigenvalue weighted by atomic mass is 10.1. The zero-order valence-electron chi connectivity index (χ0n) is 14.5. The molecule has 1 saturated carbocycles. The van der Waals surface area contributed by atoms with Gasteiger partial charge in [-0.1, -0.05) is 0 Å². The Morgan fingerprint density at radius 3 is 2.23 bits per heavy atom. The maximum atomic E-state index is 13.9. The first-order valence-corrected chi connectivity index (χ1v) is 8.15. The molecule has 1 aliphatic carbocycles. The number of amides is 2. The molecule has 2 amide bonds. The first kappa shape index (κ1) is 17.7. The number of ether oxygens (including phenoxy) is 2. The van der Waals surface area contributed by atoms with Crippen molar-refractivity contribution in [3.05, 3.63) is 47.8 Å². The predicted molar refractivity (Wildman–Crippen MR) is 95.3 cm³/mol. The molecule has 2 N–H and O–H groups in total. The minimum Gasteiger partial charge on any atom is -0.497 e. The van der Waals surface area contributed by atoms with Crippen molar-refractivity contribution in [1.82, 2.24) is 0 Å². The van der Waals surface area contributed by atoms with Gasteiger partial charge in [0.2, 0.25) is 5.91 Å². The predicted octanol–water partition coefficient (Wildman–Crippen LogP) is 3.44. The fourth-order valence-electron chi connectivity index (χ4n) is 2.42. The fraction of sp³-hybridized carbons (Fsp3) is 0.263. The van der Waals surface area contributed by atoms with Gasteiger partial charge in [-0.05, 0) is 43.2 Å². The Balaban J connectivity index is 1.77. The average Bonchev–Trinajstić information content (AvgIpc) is 3.49. The van der Waals surface area contributed by atoms with Crippen LogP contribution in [0.15, 0.2) is 36.4 Å². The maximum Gasteiger partial charge on any atom is 0.255 e. The average molecular weight is 358 g/mol. The number of hydrogen-bond acceptors (Lipinski definition) is 4. The number of methoxy groups -OCH3 is 2. The molecule has 0 saturated heterocycles. The van der Waals surface area contributed by atoms with Gasteiger partial charge in [0.15, 0.2) is 0 Å². The van der Waals surface area contributed by atoms with Gasteiger partial charge in [0, 0.05) is 23.2 Å². The van der Waals surface area contributed by atoms with Gasteiger partial charge in [-0.25, -0.2) is 4.39 Å². The zero-order valence-corrected chi connectivity index (χ0v) is 14.5. The molecule has 1 aliphatic rings. The summed E-state index contributed by atoms with van der Waals surface area (Å²) >= 11 is 0. The minimum absolute atomic E-state index is 0.0444. The molecule has 2 aromatic carbocycles. The molecule has 0 radical (unpaired) electrons. The van der Waals surface area contributed by atoms with E-state index in [1.165, 1.54) is 32.4 Å². The van der Waals surface area contributed by atoms with Crippen molar-refractivity contribution in [3.8, 4) is 11.5 Å². The van der Waals surface area contributed by atoms with Gasteiger partial charge in [0.1, 0.15) is 17.3 Å². The van der Waals surface area contributed by atoms with Crippen LogP contribution >= 0.6 is 0 Å². The van der Waals surface area contributed by atoms with Crippen molar-refractivity contribution in [2.45, 2.75) is 12.8 Å². The van der Waals surface area contributed by atoms with E-state index in [1.807, 2.05) is 0 Å². The van der Waals surface area contributed by atoms with Crippen molar-refractivity contribution in [3.63, 3.8) is 0 Å². The highest BCUT2D eigenvalue weighted by Crippen LogP contribution is 2.31. The summed E-state index contributed by atoms with van der Waals surface area (Å²) in [6.45, 7) is 0. The molecular weight excluding hydrogens is 339 g/mol. The first-order chi connectivity index (χ1) is 12.5. The Hall–Kier alpha value is -3.09. The number of benzene rings is 2. The zero-order chi connectivity index (χ0) is 18.7. The Kier molecular flexibility index (Phi) is 5.06. The van der Waals surface area contributed by atoms with E-state index in [4.69, 9.17) is 9.47 Å². The van der Waals surface area contributed by atoms with Crippen LogP contribution < -0.4 is 20.1 Å². The minimum atomic E-state index is -0.556. The van der Waals surface area contributed by atoms with Gasteiger partial charge in [-0.3, -0.25) is 9.59 Å². The smallest absolute Gasteiger partial charge is 0.255 e. The molecule has 2 aromatic rings. The molecule has 6 nitrogen and oxygen atoms in total. The summed E-state index contributed by atoms with van der Waals surface area (Å²) < 4.78 is 24.2. The number of halogens is 1. The summed E-state index contributed by atoms with van der Waals surface area (Å²) in [5.74, 6) is -0.257. The van der Waals surface area contributed by atoms with Crippen molar-refractivity contribution in [2.24, 2.45) is 5.92 Å². The van der Waals surface area contributed by atoms with Crippen molar-refractivity contribution < 1.29 is 23.5 Å². The third kappa shape index (κ3) is 4.11. The topological polar surface area (TPSA) is 76.7 Å². The van der Waals surface area contributed by atoms with E-state index in [9.17, 15) is 14.0 Å². The number of hydrogen-bond donors (Lipinski definition) is 2. The van der Waals surface area contributed by atoms with Gasteiger partial charge >= 0.3 is 0 Å². The Labute approximate surface area is 150 Å². The van der Waals surface area contributed by atoms with E-state index in [-0.39, 0.29) is 17.5 Å². The molecule has 26 heavy (non-hydrogen) atoms. The lowest BCUT2D eigenvalue weighted by Crippen LogP contribution is -2.16. The number of carbonyl (C=O) groups excluding carboxylic acids is 2. The SMILES string of the molecule is COc1cc(OC)cc(C(=O)Nc2ccc(F)c(NC(=O)C3CC3)c2)c1. The van der Waals surface area contributed by atoms with Gasteiger partial charge in [0.05, 0.1) is 19.9 Å². The molecule has 3 rings (SSSR count). The van der Waals surface area contributed by atoms with E-state index in [2.05, 4.69) is 10.6 Å². The Bertz CT molecular complexity index is 827. The van der Waals surface area contributed by atoms with Crippen molar-refractivity contribution in [2.75, 3.05) is 24.9 Å². The second kappa shape index (κ2) is 7.43. The molecule has 0 atom stereocenters. The molecule has 0 spiro atoms. The number of nitrogens with one attached hydrogen (secondary N) is 2. The highest BCUT2D eigenvalue weighted by molar-refractivity contribution is 6.05. The summed E-state index contributed by atoms with van der Waals surface area (Å²) in [5, 5.41) is 5.24. The molecule has 0 aliphatic heterocycles. The summed E-state index contributed by atoms with van der Waals surface area (Å²) in [6, 6.07) is 8.81. The van der Waals surface area contributed by atoms with Crippen LogP contribution in [0.2, 0.25) is 0 Å². The normalized spacial score (nSPS) is 13.0. The standard InChI is InChI=1S/C19H19FN2O4/c1-25-14-7-12(8-15(10-14)26-2)19(24)21-13-5-6-16(20)17(9-13)22-18(23)11-3-4-11/h5-11H,3-4H2,1-2H3,(H,21,24)(H,22,23). The Morgan fingerprint density at radius 2 is 1.65 bits per heavy atom. The highest BCUT2D eigenvalue weighted by atomic mass is 19.1. The van der Waals surface area contributed by atoms with Gasteiger partial charge < -0.3 is 20.1 Å². The van der Waals surface area contributed by atoms with Crippen LogP contribution in [0.4, 0.5) is 15.8 Å². The van der Waals surface area contributed by atoms with E-state index in [0.717, 1.165) is 12.8 Å². The van der Waals surface area contributed by atoms with Crippen LogP contribution in [0.1, 0.15) is 23.2 Å². The van der Waals surface area contributed by atoms with Gasteiger partial charge in [-0.15, -0.1) is 0 Å². The summed E-state index contributed by atoms with van der Waals surface area (Å²) in [5.41, 5.74) is 0.737. The van der Waals surface area contributed by atoms with E-state index < -0.39 is 11.7 Å². The van der Waals surface area contributed by atoms with Crippen molar-refractivity contribution >= 4 is 23.2 Å². The van der Waals surface area contributed by atoms with Crippen LogP contribution in [-0.2, 0) is 4.79 Å². The molecule has 0 aromatic heterocycles. The van der Waals surface area contributed by atoms with Crippen molar-refractivity contribution in [1.29, 1.82) is 0 Å². The monoisotopic (exact) mass is 358 g/mol. The third-order valence-corrected chi connectivity index (χ3v) is 4.04. The quantitative estimate of drug-likeness (QED) is 0.829. The second-order valence-corrected chi connectivity index (χ2v) is 6.01. The third-order valence-electron chi connectivity index (χ3n) is 4.04. The molecule has 0 bridgehead atoms. The summed E-state index contributed by atoms with van der Waals surface area (Å²) in [6.07, 6.45) is 1.64. The largest absolute Gasteiger partial charge is 0.497 e. The summed E-state index contributed by atoms with van der Waals surface area (Å²) in [7, 11) is 2.98. The first-order valence-electron chi connectivity index (χ1n) is 8.15. The summed E-state index contributed by atoms with van der Waals surface area (Å²) in [4.78, 5) is 24.3. The lowest BCUT2D eigenvalue weighted by molar-refractivity contribution is -0.117. The van der Waals surface area contributed by atoms with Crippen LogP contribution in [-0.4, -0.2) is 26.0 Å². The van der Waals surface area contributed by atoms with Crippen LogP contribution in [0, 0.1) is 11.7 Å². The number of anilines is 2. The number of rotatable bonds is 6. The lowest BCUT2D eigenvalue weighted by Gasteiger charge is -2.11. The highest BCUT2D eigenvalue weighted by Gasteiger charge is 2.30. The molecule has 7 heteroatoms. The van der Waals surface area contributed by atoms with E-state index in [1.54, 1.807) is 18.2 Å². The molecule has 0 unspecified atom stereocenters. The van der Waals surface area contributed by atoms with E-state index in [0.29, 0.717) is 22.7 Å². The molecule has 0 heterocycles. The molecular formula is C19H19FN2O4. The molecule has 136 valence electrons. The van der Waals surface area contributed by atoms with Crippen LogP contribution in [0.25, 0.3) is 0 Å². The van der Waals surface area contributed by atoms with Gasteiger partial charge in [0.25, 0.3) is 5.91 Å². The maximum absolute atomic E-state index is 13.9. The second-order valence-electron chi connectivity index (χ2n) is 6.01. The molecule has 1 fully saturated rings.